The van der Waals surface area contributed by atoms with Crippen LogP contribution in [0.5, 0.6) is 0 Å². The van der Waals surface area contributed by atoms with Gasteiger partial charge in [-0.25, -0.2) is 0 Å². The van der Waals surface area contributed by atoms with Gasteiger partial charge < -0.3 is 6.08 Å². The van der Waals surface area contributed by atoms with Gasteiger partial charge in [-0.15, -0.1) is 12.4 Å². The van der Waals surface area contributed by atoms with Crippen LogP contribution in [0.4, 0.5) is 0 Å². The smallest absolute Gasteiger partial charge is 0 e. The van der Waals surface area contributed by atoms with Crippen LogP contribution in [-0.2, 0) is 16.5 Å². The first-order chi connectivity index (χ1) is 4.00. The van der Waals surface area contributed by atoms with Gasteiger partial charge in [0, 0.05) is 16.5 Å². The average Bonchev–Trinajstić information content (AvgIpc) is 1.62. The van der Waals surface area contributed by atoms with Crippen molar-refractivity contribution in [3.63, 3.8) is 0 Å². The summed E-state index contributed by atoms with van der Waals surface area (Å²) in [6, 6.07) is 0. The van der Waals surface area contributed by atoms with Gasteiger partial charge in [0.2, 0.25) is 0 Å². The molecule has 0 atom stereocenters. The maximum Gasteiger partial charge on any atom is 0 e. The SMILES string of the molecule is Cl.[C-]1=CCCCCCC1.[Ni]. The van der Waals surface area contributed by atoms with E-state index in [1.807, 2.05) is 0 Å². The Morgan fingerprint density at radius 1 is 1.00 bits per heavy atom. The van der Waals surface area contributed by atoms with Crippen LogP contribution >= 0.6 is 12.4 Å². The van der Waals surface area contributed by atoms with Crippen LogP contribution in [-0.4, -0.2) is 0 Å². The molecule has 0 bridgehead atoms. The summed E-state index contributed by atoms with van der Waals surface area (Å²) in [5, 5.41) is 0. The third kappa shape index (κ3) is 6.64. The van der Waals surface area contributed by atoms with Crippen LogP contribution in [0.3, 0.4) is 0 Å². The van der Waals surface area contributed by atoms with E-state index < -0.39 is 0 Å². The fourth-order valence-electron chi connectivity index (χ4n) is 1.03. The van der Waals surface area contributed by atoms with E-state index >= 15 is 0 Å². The Balaban J connectivity index is 0. The molecule has 1 aliphatic rings. The molecule has 0 aromatic rings. The molecule has 0 spiro atoms. The zero-order chi connectivity index (χ0) is 5.66. The zero-order valence-corrected chi connectivity index (χ0v) is 7.85. The van der Waals surface area contributed by atoms with Gasteiger partial charge in [-0.3, -0.25) is 6.08 Å². The maximum atomic E-state index is 3.26. The van der Waals surface area contributed by atoms with Gasteiger partial charge >= 0.3 is 0 Å². The number of hydrogen-bond donors (Lipinski definition) is 0. The van der Waals surface area contributed by atoms with Crippen molar-refractivity contribution in [3.05, 3.63) is 12.2 Å². The minimum absolute atomic E-state index is 0. The molecule has 10 heavy (non-hydrogen) atoms. The molecule has 0 aromatic carbocycles. The summed E-state index contributed by atoms with van der Waals surface area (Å²) in [6.07, 6.45) is 13.5. The van der Waals surface area contributed by atoms with Crippen LogP contribution in [0, 0.1) is 6.08 Å². The van der Waals surface area contributed by atoms with Crippen LogP contribution in [0.15, 0.2) is 6.08 Å². The van der Waals surface area contributed by atoms with Gasteiger partial charge in [0.25, 0.3) is 0 Å². The normalized spacial score (nSPS) is 17.6. The first-order valence-corrected chi connectivity index (χ1v) is 3.55. The zero-order valence-electron chi connectivity index (χ0n) is 6.04. The number of allylic oxidation sites excluding steroid dienone is 2. The van der Waals surface area contributed by atoms with E-state index in [0.29, 0.717) is 0 Å². The monoisotopic (exact) mass is 203 g/mol. The molecule has 64 valence electrons. The molecular formula is C8H14ClNi-. The summed E-state index contributed by atoms with van der Waals surface area (Å²) in [7, 11) is 0. The molecule has 0 unspecified atom stereocenters. The fourth-order valence-corrected chi connectivity index (χ4v) is 1.03. The molecule has 1 rings (SSSR count). The summed E-state index contributed by atoms with van der Waals surface area (Å²) >= 11 is 0. The Morgan fingerprint density at radius 3 is 2.50 bits per heavy atom. The van der Waals surface area contributed by atoms with Crippen LogP contribution in [0.2, 0.25) is 0 Å². The molecule has 0 saturated heterocycles. The molecular weight excluding hydrogens is 190 g/mol. The van der Waals surface area contributed by atoms with Gasteiger partial charge in [0.15, 0.2) is 0 Å². The summed E-state index contributed by atoms with van der Waals surface area (Å²) in [6.45, 7) is 0. The molecule has 0 aromatic heterocycles. The number of rotatable bonds is 0. The van der Waals surface area contributed by atoms with Crippen LogP contribution in [0.1, 0.15) is 38.5 Å². The van der Waals surface area contributed by atoms with E-state index in [0.717, 1.165) is 0 Å². The summed E-state index contributed by atoms with van der Waals surface area (Å²) in [5.41, 5.74) is 0. The second-order valence-corrected chi connectivity index (χ2v) is 2.36. The first kappa shape index (κ1) is 13.1. The summed E-state index contributed by atoms with van der Waals surface area (Å²) < 4.78 is 0. The van der Waals surface area contributed by atoms with Gasteiger partial charge in [-0.05, 0) is 0 Å². The second-order valence-electron chi connectivity index (χ2n) is 2.36. The third-order valence-corrected chi connectivity index (χ3v) is 1.56. The van der Waals surface area contributed by atoms with Crippen molar-refractivity contribution in [3.8, 4) is 0 Å². The van der Waals surface area contributed by atoms with Gasteiger partial charge in [0.1, 0.15) is 0 Å². The molecule has 1 aliphatic carbocycles. The number of halogens is 1. The van der Waals surface area contributed by atoms with Crippen LogP contribution in [0.25, 0.3) is 0 Å². The molecule has 0 N–H and O–H groups in total. The van der Waals surface area contributed by atoms with Crippen molar-refractivity contribution in [2.24, 2.45) is 0 Å². The molecule has 0 fully saturated rings. The molecule has 0 aliphatic heterocycles. The predicted molar refractivity (Wildman–Crippen MR) is 42.8 cm³/mol. The van der Waals surface area contributed by atoms with Crippen molar-refractivity contribution >= 4 is 12.4 Å². The van der Waals surface area contributed by atoms with E-state index in [1.54, 1.807) is 0 Å². The summed E-state index contributed by atoms with van der Waals surface area (Å²) in [4.78, 5) is 0. The first-order valence-electron chi connectivity index (χ1n) is 3.55. The molecule has 0 heterocycles. The topological polar surface area (TPSA) is 0 Å². The van der Waals surface area contributed by atoms with Gasteiger partial charge in [-0.1, -0.05) is 32.1 Å². The van der Waals surface area contributed by atoms with Gasteiger partial charge in [-0.2, -0.15) is 6.42 Å². The molecule has 0 saturated carbocycles. The van der Waals surface area contributed by atoms with E-state index in [9.17, 15) is 0 Å². The Labute approximate surface area is 79.8 Å². The Bertz CT molecular complexity index is 71.3. The molecule has 0 nitrogen and oxygen atoms in total. The van der Waals surface area contributed by atoms with Crippen molar-refractivity contribution in [1.29, 1.82) is 0 Å². The third-order valence-electron chi connectivity index (χ3n) is 1.56. The van der Waals surface area contributed by atoms with Gasteiger partial charge in [0.05, 0.1) is 0 Å². The van der Waals surface area contributed by atoms with E-state index in [1.165, 1.54) is 38.5 Å². The van der Waals surface area contributed by atoms with Crippen molar-refractivity contribution in [1.82, 2.24) is 0 Å². The quantitative estimate of drug-likeness (QED) is 0.420. The summed E-state index contributed by atoms with van der Waals surface area (Å²) in [5.74, 6) is 0. The second kappa shape index (κ2) is 9.52. The minimum atomic E-state index is 0. The Hall–Kier alpha value is 0.524. The standard InChI is InChI=1S/C8H13.ClH.Ni/c1-2-4-6-8-7-5-3-1;;/h1H,2,4-8H2;1H;/q-1;;. The van der Waals surface area contributed by atoms with E-state index in [2.05, 4.69) is 12.2 Å². The van der Waals surface area contributed by atoms with Crippen LogP contribution < -0.4 is 0 Å². The molecule has 0 radical (unpaired) electrons. The van der Waals surface area contributed by atoms with E-state index in [4.69, 9.17) is 0 Å². The van der Waals surface area contributed by atoms with Crippen molar-refractivity contribution < 1.29 is 16.5 Å². The molecule has 0 amide bonds. The Kier molecular flexibility index (Phi) is 12.5. The fraction of sp³-hybridized carbons (Fsp3) is 0.750. The van der Waals surface area contributed by atoms with E-state index in [-0.39, 0.29) is 28.9 Å². The minimum Gasteiger partial charge on any atom is -0.501 e. The van der Waals surface area contributed by atoms with Crippen molar-refractivity contribution in [2.75, 3.05) is 0 Å². The molecule has 2 heteroatoms. The van der Waals surface area contributed by atoms with Crippen molar-refractivity contribution in [2.45, 2.75) is 38.5 Å². The predicted octanol–water partition coefficient (Wildman–Crippen LogP) is 3.12. The number of hydrogen-bond acceptors (Lipinski definition) is 0. The average molecular weight is 204 g/mol. The maximum absolute atomic E-state index is 3.26. The largest absolute Gasteiger partial charge is 0.501 e. The Morgan fingerprint density at radius 2 is 1.70 bits per heavy atom.